The summed E-state index contributed by atoms with van der Waals surface area (Å²) in [4.78, 5) is 37.2. The minimum atomic E-state index is -0.571. The Morgan fingerprint density at radius 2 is 2.00 bits per heavy atom. The molecule has 0 saturated carbocycles. The summed E-state index contributed by atoms with van der Waals surface area (Å²) in [5.41, 5.74) is 0.581. The van der Waals surface area contributed by atoms with E-state index in [4.69, 9.17) is 4.74 Å². The first-order valence-corrected chi connectivity index (χ1v) is 9.40. The van der Waals surface area contributed by atoms with E-state index in [0.717, 1.165) is 5.69 Å². The molecule has 0 aliphatic heterocycles. The zero-order valence-electron chi connectivity index (χ0n) is 17.8. The highest BCUT2D eigenvalue weighted by atomic mass is 16.6. The summed E-state index contributed by atoms with van der Waals surface area (Å²) in [5, 5.41) is 18.2. The van der Waals surface area contributed by atoms with Crippen LogP contribution in [-0.4, -0.2) is 58.2 Å². The molecular weight excluding hydrogens is 390 g/mol. The predicted octanol–water partition coefficient (Wildman–Crippen LogP) is 2.35. The van der Waals surface area contributed by atoms with E-state index in [1.54, 1.807) is 17.8 Å². The number of nitro groups is 1. The Balaban J connectivity index is 2.17. The van der Waals surface area contributed by atoms with Crippen molar-refractivity contribution in [3.63, 3.8) is 0 Å². The molecule has 162 valence electrons. The van der Waals surface area contributed by atoms with Gasteiger partial charge < -0.3 is 15.0 Å². The van der Waals surface area contributed by atoms with Crippen molar-refractivity contribution in [2.24, 2.45) is 7.05 Å². The number of hydrogen-bond donors (Lipinski definition) is 1. The lowest BCUT2D eigenvalue weighted by molar-refractivity contribution is -0.384. The van der Waals surface area contributed by atoms with E-state index in [1.165, 1.54) is 36.3 Å². The number of nitrogens with one attached hydrogen (secondary N) is 1. The number of amides is 2. The SMILES string of the molecule is COCCN(CC(=O)Nc1cc(C(C)(C)C)nn1C)C(=O)c1cccc([N+](=O)[O-])c1. The van der Waals surface area contributed by atoms with E-state index in [1.807, 2.05) is 20.8 Å². The first kappa shape index (κ1) is 23.0. The summed E-state index contributed by atoms with van der Waals surface area (Å²) in [6, 6.07) is 7.20. The fourth-order valence-electron chi connectivity index (χ4n) is 2.70. The van der Waals surface area contributed by atoms with Gasteiger partial charge in [-0.25, -0.2) is 0 Å². The highest BCUT2D eigenvalue weighted by Crippen LogP contribution is 2.23. The van der Waals surface area contributed by atoms with Gasteiger partial charge >= 0.3 is 0 Å². The molecule has 0 aliphatic carbocycles. The molecule has 10 nitrogen and oxygen atoms in total. The van der Waals surface area contributed by atoms with Crippen LogP contribution in [0, 0.1) is 10.1 Å². The molecule has 2 amide bonds. The lowest BCUT2D eigenvalue weighted by Gasteiger charge is -2.22. The van der Waals surface area contributed by atoms with Crippen molar-refractivity contribution in [1.82, 2.24) is 14.7 Å². The van der Waals surface area contributed by atoms with Gasteiger partial charge in [0, 0.05) is 49.9 Å². The van der Waals surface area contributed by atoms with Crippen LogP contribution in [0.25, 0.3) is 0 Å². The van der Waals surface area contributed by atoms with Crippen LogP contribution >= 0.6 is 0 Å². The Hall–Kier alpha value is -3.27. The number of benzene rings is 1. The standard InChI is InChI=1S/C20H27N5O5/c1-20(2,3)16-12-17(23(4)22-16)21-18(26)13-24(9-10-30-5)19(27)14-7-6-8-15(11-14)25(28)29/h6-8,11-12H,9-10,13H2,1-5H3,(H,21,26). The smallest absolute Gasteiger partial charge is 0.270 e. The van der Waals surface area contributed by atoms with Crippen LogP contribution < -0.4 is 5.32 Å². The Bertz CT molecular complexity index is 932. The molecule has 10 heteroatoms. The van der Waals surface area contributed by atoms with Crippen LogP contribution in [-0.2, 0) is 22.0 Å². The summed E-state index contributed by atoms with van der Waals surface area (Å²) in [7, 11) is 3.21. The molecule has 0 bridgehead atoms. The lowest BCUT2D eigenvalue weighted by atomic mass is 9.92. The van der Waals surface area contributed by atoms with Gasteiger partial charge in [-0.05, 0) is 6.07 Å². The average molecular weight is 417 g/mol. The molecule has 2 aromatic rings. The Morgan fingerprint density at radius 3 is 2.57 bits per heavy atom. The molecule has 0 radical (unpaired) electrons. The number of methoxy groups -OCH3 is 1. The molecular formula is C20H27N5O5. The van der Waals surface area contributed by atoms with Crippen LogP contribution in [0.4, 0.5) is 11.5 Å². The molecule has 1 heterocycles. The first-order valence-electron chi connectivity index (χ1n) is 9.40. The van der Waals surface area contributed by atoms with Crippen molar-refractivity contribution in [3.8, 4) is 0 Å². The zero-order chi connectivity index (χ0) is 22.5. The summed E-state index contributed by atoms with van der Waals surface area (Å²) in [5.74, 6) is -0.390. The lowest BCUT2D eigenvalue weighted by Crippen LogP contribution is -2.40. The molecule has 0 spiro atoms. The number of carbonyl (C=O) groups excluding carboxylic acids is 2. The van der Waals surface area contributed by atoms with E-state index >= 15 is 0 Å². The number of aryl methyl sites for hydroxylation is 1. The maximum Gasteiger partial charge on any atom is 0.270 e. The van der Waals surface area contributed by atoms with Crippen molar-refractivity contribution >= 4 is 23.3 Å². The molecule has 1 aromatic heterocycles. The number of hydrogen-bond acceptors (Lipinski definition) is 6. The maximum absolute atomic E-state index is 12.9. The highest BCUT2D eigenvalue weighted by Gasteiger charge is 2.23. The summed E-state index contributed by atoms with van der Waals surface area (Å²) in [6.07, 6.45) is 0. The largest absolute Gasteiger partial charge is 0.383 e. The van der Waals surface area contributed by atoms with Crippen LogP contribution in [0.15, 0.2) is 30.3 Å². The number of rotatable bonds is 8. The molecule has 2 rings (SSSR count). The Labute approximate surface area is 175 Å². The second-order valence-corrected chi connectivity index (χ2v) is 7.86. The number of aromatic nitrogens is 2. The molecule has 0 fully saturated rings. The number of non-ortho nitro benzene ring substituents is 1. The van der Waals surface area contributed by atoms with Crippen LogP contribution in [0.3, 0.4) is 0 Å². The van der Waals surface area contributed by atoms with Gasteiger partial charge in [0.2, 0.25) is 5.91 Å². The van der Waals surface area contributed by atoms with Gasteiger partial charge in [0.15, 0.2) is 0 Å². The van der Waals surface area contributed by atoms with E-state index in [-0.39, 0.29) is 36.4 Å². The number of carbonyl (C=O) groups is 2. The summed E-state index contributed by atoms with van der Waals surface area (Å²) < 4.78 is 6.60. The predicted molar refractivity (Wildman–Crippen MR) is 111 cm³/mol. The van der Waals surface area contributed by atoms with E-state index in [2.05, 4.69) is 10.4 Å². The van der Waals surface area contributed by atoms with E-state index in [0.29, 0.717) is 5.82 Å². The Kier molecular flexibility index (Phi) is 7.28. The fraction of sp³-hybridized carbons (Fsp3) is 0.450. The van der Waals surface area contributed by atoms with Gasteiger partial charge in [0.25, 0.3) is 11.6 Å². The summed E-state index contributed by atoms with van der Waals surface area (Å²) >= 11 is 0. The third-order valence-corrected chi connectivity index (χ3v) is 4.41. The number of ether oxygens (including phenoxy) is 1. The molecule has 1 N–H and O–H groups in total. The second-order valence-electron chi connectivity index (χ2n) is 7.86. The van der Waals surface area contributed by atoms with Crippen LogP contribution in [0.1, 0.15) is 36.8 Å². The summed E-state index contributed by atoms with van der Waals surface area (Å²) in [6.45, 7) is 6.19. The minimum Gasteiger partial charge on any atom is -0.383 e. The van der Waals surface area contributed by atoms with Gasteiger partial charge in [0.05, 0.1) is 17.2 Å². The van der Waals surface area contributed by atoms with Crippen molar-refractivity contribution in [2.45, 2.75) is 26.2 Å². The van der Waals surface area contributed by atoms with E-state index in [9.17, 15) is 19.7 Å². The monoisotopic (exact) mass is 417 g/mol. The molecule has 1 aromatic carbocycles. The van der Waals surface area contributed by atoms with Gasteiger partial charge in [-0.1, -0.05) is 26.8 Å². The van der Waals surface area contributed by atoms with Gasteiger partial charge in [-0.2, -0.15) is 5.10 Å². The van der Waals surface area contributed by atoms with Gasteiger partial charge in [0.1, 0.15) is 12.4 Å². The quantitative estimate of drug-likeness (QED) is 0.520. The number of nitrogens with zero attached hydrogens (tertiary/aromatic N) is 4. The van der Waals surface area contributed by atoms with Gasteiger partial charge in [-0.15, -0.1) is 0 Å². The van der Waals surface area contributed by atoms with Crippen molar-refractivity contribution in [1.29, 1.82) is 0 Å². The van der Waals surface area contributed by atoms with Crippen molar-refractivity contribution in [3.05, 3.63) is 51.7 Å². The molecule has 30 heavy (non-hydrogen) atoms. The first-order chi connectivity index (χ1) is 14.0. The van der Waals surface area contributed by atoms with Crippen molar-refractivity contribution in [2.75, 3.05) is 32.1 Å². The average Bonchev–Trinajstić information content (AvgIpc) is 3.05. The number of anilines is 1. The fourth-order valence-corrected chi connectivity index (χ4v) is 2.70. The zero-order valence-corrected chi connectivity index (χ0v) is 17.8. The number of nitro benzene ring substituents is 1. The van der Waals surface area contributed by atoms with E-state index < -0.39 is 16.7 Å². The Morgan fingerprint density at radius 1 is 1.30 bits per heavy atom. The highest BCUT2D eigenvalue weighted by molar-refractivity contribution is 5.99. The topological polar surface area (TPSA) is 120 Å². The van der Waals surface area contributed by atoms with Crippen molar-refractivity contribution < 1.29 is 19.2 Å². The normalized spacial score (nSPS) is 11.2. The van der Waals surface area contributed by atoms with Crippen LogP contribution in [0.2, 0.25) is 0 Å². The second kappa shape index (κ2) is 9.49. The molecule has 0 saturated heterocycles. The minimum absolute atomic E-state index is 0.128. The molecule has 0 unspecified atom stereocenters. The molecule has 0 atom stereocenters. The van der Waals surface area contributed by atoms with Crippen LogP contribution in [0.5, 0.6) is 0 Å². The molecule has 0 aliphatic rings. The van der Waals surface area contributed by atoms with Gasteiger partial charge in [-0.3, -0.25) is 24.4 Å². The maximum atomic E-state index is 12.9. The third-order valence-electron chi connectivity index (χ3n) is 4.41. The third kappa shape index (κ3) is 5.86.